The summed E-state index contributed by atoms with van der Waals surface area (Å²) in [6, 6.07) is 19.9. The van der Waals surface area contributed by atoms with Gasteiger partial charge in [0.05, 0.1) is 11.6 Å². The number of benzene rings is 2. The molecule has 2 fully saturated rings. The molecule has 1 atom stereocenters. The molecule has 0 radical (unpaired) electrons. The summed E-state index contributed by atoms with van der Waals surface area (Å²) in [5.41, 5.74) is 4.52. The van der Waals surface area contributed by atoms with E-state index in [1.54, 1.807) is 0 Å². The molecule has 2 heterocycles. The first-order valence-electron chi connectivity index (χ1n) is 12.3. The van der Waals surface area contributed by atoms with Gasteiger partial charge < -0.3 is 20.9 Å². The van der Waals surface area contributed by atoms with Gasteiger partial charge in [-0.15, -0.1) is 0 Å². The second-order valence-electron chi connectivity index (χ2n) is 9.68. The van der Waals surface area contributed by atoms with Crippen LogP contribution in [0.1, 0.15) is 49.3 Å². The maximum atomic E-state index is 12.5. The van der Waals surface area contributed by atoms with Gasteiger partial charge in [0.25, 0.3) is 0 Å². The molecule has 3 aliphatic rings. The van der Waals surface area contributed by atoms with E-state index in [4.69, 9.17) is 4.98 Å². The lowest BCUT2D eigenvalue weighted by molar-refractivity contribution is 0.189. The zero-order chi connectivity index (χ0) is 22.2. The Hall–Kier alpha value is -3.12. The molecule has 6 rings (SSSR count). The zero-order valence-corrected chi connectivity index (χ0v) is 18.9. The molecule has 3 N–H and O–H groups in total. The molecule has 0 spiro atoms. The van der Waals surface area contributed by atoms with Crippen molar-refractivity contribution in [3.8, 4) is 0 Å². The van der Waals surface area contributed by atoms with Crippen molar-refractivity contribution in [3.05, 3.63) is 65.7 Å². The van der Waals surface area contributed by atoms with E-state index >= 15 is 0 Å². The summed E-state index contributed by atoms with van der Waals surface area (Å²) < 4.78 is 0. The topological polar surface area (TPSA) is 69.3 Å². The number of nitrogens with zero attached hydrogens (tertiary/aromatic N) is 2. The normalized spacial score (nSPS) is 21.0. The van der Waals surface area contributed by atoms with E-state index in [9.17, 15) is 4.79 Å². The quantitative estimate of drug-likeness (QED) is 0.516. The molecule has 1 aromatic heterocycles. The number of fused-ring (bicyclic) bond motifs is 2. The van der Waals surface area contributed by atoms with Crippen LogP contribution in [0.25, 0.3) is 10.9 Å². The Morgan fingerprint density at radius 2 is 1.79 bits per heavy atom. The van der Waals surface area contributed by atoms with Gasteiger partial charge in [-0.25, -0.2) is 9.78 Å². The molecule has 3 aromatic rings. The summed E-state index contributed by atoms with van der Waals surface area (Å²) in [6.45, 7) is 2.19. The highest BCUT2D eigenvalue weighted by molar-refractivity contribution is 5.93. The number of aromatic nitrogens is 1. The monoisotopic (exact) mass is 441 g/mol. The van der Waals surface area contributed by atoms with Crippen molar-refractivity contribution < 1.29 is 4.79 Å². The van der Waals surface area contributed by atoms with Crippen LogP contribution in [-0.4, -0.2) is 41.1 Å². The maximum Gasteiger partial charge on any atom is 0.319 e. The first kappa shape index (κ1) is 20.5. The van der Waals surface area contributed by atoms with Crippen LogP contribution in [-0.2, 0) is 6.42 Å². The van der Waals surface area contributed by atoms with Crippen molar-refractivity contribution in [2.75, 3.05) is 23.7 Å². The van der Waals surface area contributed by atoms with Crippen LogP contribution in [0.3, 0.4) is 0 Å². The van der Waals surface area contributed by atoms with Gasteiger partial charge in [0.1, 0.15) is 5.82 Å². The molecule has 1 saturated heterocycles. The third-order valence-electron chi connectivity index (χ3n) is 7.33. The number of carbonyl (C=O) groups excluding carboxylic acids is 1. The number of pyridine rings is 1. The van der Waals surface area contributed by atoms with E-state index in [1.807, 2.05) is 24.3 Å². The molecule has 1 saturated carbocycles. The van der Waals surface area contributed by atoms with Crippen LogP contribution in [0.4, 0.5) is 16.3 Å². The van der Waals surface area contributed by atoms with E-state index < -0.39 is 0 Å². The van der Waals surface area contributed by atoms with E-state index in [0.717, 1.165) is 67.2 Å². The smallest absolute Gasteiger partial charge is 0.319 e. The second kappa shape index (κ2) is 8.67. The van der Waals surface area contributed by atoms with Gasteiger partial charge in [-0.3, -0.25) is 0 Å². The summed E-state index contributed by atoms with van der Waals surface area (Å²) in [5.74, 6) is 0.889. The number of aryl methyl sites for hydroxylation is 1. The van der Waals surface area contributed by atoms with Crippen molar-refractivity contribution in [2.24, 2.45) is 0 Å². The largest absolute Gasteiger partial charge is 0.363 e. The van der Waals surface area contributed by atoms with Crippen LogP contribution in [0.2, 0.25) is 0 Å². The predicted octanol–water partition coefficient (Wildman–Crippen LogP) is 5.08. The Morgan fingerprint density at radius 1 is 0.939 bits per heavy atom. The number of hydrogen-bond donors (Lipinski definition) is 3. The molecule has 2 amide bonds. The molecular weight excluding hydrogens is 410 g/mol. The van der Waals surface area contributed by atoms with Crippen molar-refractivity contribution in [2.45, 2.75) is 56.7 Å². The molecule has 2 aromatic carbocycles. The van der Waals surface area contributed by atoms with Crippen molar-refractivity contribution >= 4 is 28.4 Å². The lowest BCUT2D eigenvalue weighted by Gasteiger charge is -2.32. The number of piperidine rings is 1. The molecule has 1 unspecified atom stereocenters. The summed E-state index contributed by atoms with van der Waals surface area (Å²) in [7, 11) is 0. The molecule has 0 bridgehead atoms. The van der Waals surface area contributed by atoms with Gasteiger partial charge >= 0.3 is 6.03 Å². The number of amides is 2. The van der Waals surface area contributed by atoms with Crippen LogP contribution in [0, 0.1) is 0 Å². The van der Waals surface area contributed by atoms with Gasteiger partial charge in [0, 0.05) is 36.2 Å². The molecular formula is C27H31N5O. The highest BCUT2D eigenvalue weighted by Crippen LogP contribution is 2.33. The number of anilines is 2. The van der Waals surface area contributed by atoms with Gasteiger partial charge in [-0.05, 0) is 80.0 Å². The number of hydrogen-bond acceptors (Lipinski definition) is 4. The first-order chi connectivity index (χ1) is 16.2. The minimum absolute atomic E-state index is 0.120. The van der Waals surface area contributed by atoms with E-state index in [-0.39, 0.29) is 12.1 Å². The number of carbonyl (C=O) groups is 1. The summed E-state index contributed by atoms with van der Waals surface area (Å²) >= 11 is 0. The van der Waals surface area contributed by atoms with Crippen LogP contribution < -0.4 is 16.0 Å². The van der Waals surface area contributed by atoms with Crippen LogP contribution >= 0.6 is 0 Å². The lowest BCUT2D eigenvalue weighted by atomic mass is 10.1. The Bertz CT molecular complexity index is 1170. The third kappa shape index (κ3) is 4.53. The SMILES string of the molecule is O=C(Nc1ccc2nc(NC3CCc4ccccc43)ccc2c1)NC1CCN(C2CC2)CC1. The number of rotatable bonds is 5. The average molecular weight is 442 g/mol. The van der Waals surface area contributed by atoms with Gasteiger partial charge in [0.2, 0.25) is 0 Å². The van der Waals surface area contributed by atoms with E-state index in [2.05, 4.69) is 51.2 Å². The van der Waals surface area contributed by atoms with Crippen molar-refractivity contribution in [1.29, 1.82) is 0 Å². The highest BCUT2D eigenvalue weighted by atomic mass is 16.2. The van der Waals surface area contributed by atoms with E-state index in [0.29, 0.717) is 6.04 Å². The Labute approximate surface area is 194 Å². The summed E-state index contributed by atoms with van der Waals surface area (Å²) in [5, 5.41) is 10.8. The lowest BCUT2D eigenvalue weighted by Crippen LogP contribution is -2.46. The fourth-order valence-corrected chi connectivity index (χ4v) is 5.37. The number of urea groups is 1. The number of likely N-dealkylation sites (tertiary alicyclic amines) is 1. The van der Waals surface area contributed by atoms with Gasteiger partial charge in [-0.1, -0.05) is 24.3 Å². The average Bonchev–Trinajstić information content (AvgIpc) is 3.61. The maximum absolute atomic E-state index is 12.5. The number of nitrogens with one attached hydrogen (secondary N) is 3. The molecule has 170 valence electrons. The molecule has 6 heteroatoms. The summed E-state index contributed by atoms with van der Waals surface area (Å²) in [4.78, 5) is 19.9. The third-order valence-corrected chi connectivity index (χ3v) is 7.33. The highest BCUT2D eigenvalue weighted by Gasteiger charge is 2.32. The van der Waals surface area contributed by atoms with Crippen LogP contribution in [0.15, 0.2) is 54.6 Å². The Balaban J connectivity index is 1.07. The Kier molecular flexibility index (Phi) is 5.38. The minimum atomic E-state index is -0.120. The van der Waals surface area contributed by atoms with Gasteiger partial charge in [0.15, 0.2) is 0 Å². The molecule has 2 aliphatic carbocycles. The Morgan fingerprint density at radius 3 is 2.64 bits per heavy atom. The first-order valence-corrected chi connectivity index (χ1v) is 12.3. The summed E-state index contributed by atoms with van der Waals surface area (Å²) in [6.07, 6.45) is 6.97. The minimum Gasteiger partial charge on any atom is -0.363 e. The van der Waals surface area contributed by atoms with Crippen molar-refractivity contribution in [1.82, 2.24) is 15.2 Å². The fourth-order valence-electron chi connectivity index (χ4n) is 5.37. The molecule has 1 aliphatic heterocycles. The zero-order valence-electron chi connectivity index (χ0n) is 18.9. The standard InChI is InChI=1S/C27H31N5O/c33-27(28-20-13-15-32(16-14-20)22-8-9-22)29-21-7-11-24-19(17-21)6-12-26(30-24)31-25-10-5-18-3-1-2-4-23(18)25/h1-4,6-7,11-12,17,20,22,25H,5,8-10,13-16H2,(H,30,31)(H2,28,29,33). The van der Waals surface area contributed by atoms with Crippen LogP contribution in [0.5, 0.6) is 0 Å². The molecule has 33 heavy (non-hydrogen) atoms. The predicted molar refractivity (Wildman–Crippen MR) is 133 cm³/mol. The van der Waals surface area contributed by atoms with E-state index in [1.165, 1.54) is 24.0 Å². The van der Waals surface area contributed by atoms with Gasteiger partial charge in [-0.2, -0.15) is 0 Å². The fraction of sp³-hybridized carbons (Fsp3) is 0.407. The van der Waals surface area contributed by atoms with Crippen molar-refractivity contribution in [3.63, 3.8) is 0 Å². The second-order valence-corrected chi connectivity index (χ2v) is 9.68. The molecule has 6 nitrogen and oxygen atoms in total.